The third-order valence-corrected chi connectivity index (χ3v) is 3.90. The number of halogens is 1. The summed E-state index contributed by atoms with van der Waals surface area (Å²) in [7, 11) is 0. The first-order valence-electron chi connectivity index (χ1n) is 8.53. The van der Waals surface area contributed by atoms with Gasteiger partial charge in [0.15, 0.2) is 11.6 Å². The number of urea groups is 1. The average Bonchev–Trinajstić information content (AvgIpc) is 3.07. The molecule has 0 aliphatic carbocycles. The molecule has 2 aromatic heterocycles. The smallest absolute Gasteiger partial charge is 0.323 e. The topological polar surface area (TPSA) is 107 Å². The standard InChI is InChI=1S/C19H21ClN6O2/c1-19(2,3)26-11-14(10-23-26)25-18(27)24-13-5-4-6-15(8-13)28-16-7-12(20)9-22-17(16)21/h4-11H,1-3H3,(H2,21,22)(H2,24,25,27). The van der Waals surface area contributed by atoms with Crippen molar-refractivity contribution in [2.75, 3.05) is 16.4 Å². The van der Waals surface area contributed by atoms with Crippen LogP contribution in [0.25, 0.3) is 0 Å². The lowest BCUT2D eigenvalue weighted by Gasteiger charge is -2.18. The summed E-state index contributed by atoms with van der Waals surface area (Å²) in [6.45, 7) is 6.08. The van der Waals surface area contributed by atoms with E-state index in [0.29, 0.717) is 27.9 Å². The zero-order valence-electron chi connectivity index (χ0n) is 15.7. The van der Waals surface area contributed by atoms with Gasteiger partial charge in [-0.25, -0.2) is 9.78 Å². The molecule has 1 aromatic carbocycles. The molecule has 2 amide bonds. The van der Waals surface area contributed by atoms with Crippen molar-refractivity contribution < 1.29 is 9.53 Å². The van der Waals surface area contributed by atoms with Crippen molar-refractivity contribution in [3.63, 3.8) is 0 Å². The molecule has 146 valence electrons. The van der Waals surface area contributed by atoms with Gasteiger partial charge in [-0.05, 0) is 32.9 Å². The number of anilines is 3. The Morgan fingerprint density at radius 3 is 2.64 bits per heavy atom. The fraction of sp³-hybridized carbons (Fsp3) is 0.211. The first-order valence-corrected chi connectivity index (χ1v) is 8.90. The van der Waals surface area contributed by atoms with Crippen LogP contribution in [0, 0.1) is 0 Å². The van der Waals surface area contributed by atoms with E-state index in [9.17, 15) is 4.79 Å². The Labute approximate surface area is 167 Å². The van der Waals surface area contributed by atoms with E-state index >= 15 is 0 Å². The highest BCUT2D eigenvalue weighted by Gasteiger charge is 2.15. The Kier molecular flexibility index (Phi) is 5.41. The van der Waals surface area contributed by atoms with Crippen LogP contribution in [0.15, 0.2) is 48.9 Å². The lowest BCUT2D eigenvalue weighted by atomic mass is 10.1. The molecule has 0 unspecified atom stereocenters. The third-order valence-electron chi connectivity index (χ3n) is 3.70. The van der Waals surface area contributed by atoms with Crippen LogP contribution in [0.3, 0.4) is 0 Å². The Balaban J connectivity index is 1.66. The Bertz CT molecular complexity index is 996. The summed E-state index contributed by atoms with van der Waals surface area (Å²) in [5, 5.41) is 10.2. The number of hydrogen-bond acceptors (Lipinski definition) is 5. The number of carbonyl (C=O) groups excluding carboxylic acids is 1. The van der Waals surface area contributed by atoms with Crippen molar-refractivity contribution in [3.05, 3.63) is 53.9 Å². The van der Waals surface area contributed by atoms with Crippen molar-refractivity contribution in [2.45, 2.75) is 26.3 Å². The number of nitrogens with two attached hydrogens (primary N) is 1. The molecule has 0 saturated heterocycles. The summed E-state index contributed by atoms with van der Waals surface area (Å²) < 4.78 is 7.49. The Morgan fingerprint density at radius 2 is 1.93 bits per heavy atom. The number of nitrogens with one attached hydrogen (secondary N) is 2. The van der Waals surface area contributed by atoms with E-state index in [1.54, 1.807) is 47.4 Å². The minimum Gasteiger partial charge on any atom is -0.453 e. The molecule has 0 fully saturated rings. The number of benzene rings is 1. The van der Waals surface area contributed by atoms with Crippen molar-refractivity contribution in [2.24, 2.45) is 0 Å². The maximum absolute atomic E-state index is 12.3. The van der Waals surface area contributed by atoms with Crippen LogP contribution >= 0.6 is 11.6 Å². The van der Waals surface area contributed by atoms with Crippen molar-refractivity contribution in [3.8, 4) is 11.5 Å². The molecule has 0 radical (unpaired) electrons. The monoisotopic (exact) mass is 400 g/mol. The summed E-state index contributed by atoms with van der Waals surface area (Å²) in [6.07, 6.45) is 4.81. The molecule has 0 bridgehead atoms. The number of ether oxygens (including phenoxy) is 1. The number of rotatable bonds is 4. The molecule has 0 atom stereocenters. The number of carbonyl (C=O) groups is 1. The van der Waals surface area contributed by atoms with Gasteiger partial charge in [0.2, 0.25) is 0 Å². The van der Waals surface area contributed by atoms with Crippen LogP contribution in [0.5, 0.6) is 11.5 Å². The van der Waals surface area contributed by atoms with Crippen molar-refractivity contribution in [1.29, 1.82) is 0 Å². The molecule has 0 aliphatic heterocycles. The van der Waals surface area contributed by atoms with Crippen LogP contribution in [-0.2, 0) is 5.54 Å². The number of aromatic nitrogens is 3. The number of pyridine rings is 1. The summed E-state index contributed by atoms with van der Waals surface area (Å²) >= 11 is 5.92. The largest absolute Gasteiger partial charge is 0.453 e. The molecular formula is C19H21ClN6O2. The van der Waals surface area contributed by atoms with Crippen LogP contribution in [0.2, 0.25) is 5.02 Å². The second-order valence-corrected chi connectivity index (χ2v) is 7.53. The molecule has 0 saturated carbocycles. The van der Waals surface area contributed by atoms with Gasteiger partial charge in [0, 0.05) is 30.2 Å². The van der Waals surface area contributed by atoms with Crippen LogP contribution in [0.4, 0.5) is 22.0 Å². The van der Waals surface area contributed by atoms with Gasteiger partial charge in [-0.15, -0.1) is 0 Å². The quantitative estimate of drug-likeness (QED) is 0.588. The first-order chi connectivity index (χ1) is 13.2. The fourth-order valence-corrected chi connectivity index (χ4v) is 2.47. The molecule has 2 heterocycles. The molecule has 3 aromatic rings. The average molecular weight is 401 g/mol. The summed E-state index contributed by atoms with van der Waals surface area (Å²) in [6, 6.07) is 8.06. The highest BCUT2D eigenvalue weighted by molar-refractivity contribution is 6.30. The predicted molar refractivity (Wildman–Crippen MR) is 110 cm³/mol. The van der Waals surface area contributed by atoms with E-state index in [4.69, 9.17) is 22.1 Å². The first kappa shape index (κ1) is 19.5. The number of hydrogen-bond donors (Lipinski definition) is 3. The van der Waals surface area contributed by atoms with Crippen LogP contribution < -0.4 is 21.1 Å². The second kappa shape index (κ2) is 7.77. The molecule has 4 N–H and O–H groups in total. The van der Waals surface area contributed by atoms with Gasteiger partial charge >= 0.3 is 6.03 Å². The minimum absolute atomic E-state index is 0.168. The van der Waals surface area contributed by atoms with E-state index in [1.807, 2.05) is 20.8 Å². The number of amides is 2. The van der Waals surface area contributed by atoms with Gasteiger partial charge in [0.25, 0.3) is 0 Å². The van der Waals surface area contributed by atoms with Crippen molar-refractivity contribution >= 4 is 34.8 Å². The lowest BCUT2D eigenvalue weighted by Crippen LogP contribution is -2.22. The van der Waals surface area contributed by atoms with E-state index in [-0.39, 0.29) is 11.4 Å². The van der Waals surface area contributed by atoms with Gasteiger partial charge in [-0.1, -0.05) is 17.7 Å². The highest BCUT2D eigenvalue weighted by Crippen LogP contribution is 2.29. The maximum Gasteiger partial charge on any atom is 0.323 e. The second-order valence-electron chi connectivity index (χ2n) is 7.09. The van der Waals surface area contributed by atoms with E-state index in [2.05, 4.69) is 20.7 Å². The van der Waals surface area contributed by atoms with E-state index < -0.39 is 6.03 Å². The van der Waals surface area contributed by atoms with Gasteiger partial charge < -0.3 is 21.1 Å². The molecule has 8 nitrogen and oxygen atoms in total. The highest BCUT2D eigenvalue weighted by atomic mass is 35.5. The van der Waals surface area contributed by atoms with E-state index in [0.717, 1.165) is 0 Å². The lowest BCUT2D eigenvalue weighted by molar-refractivity contribution is 0.262. The molecule has 28 heavy (non-hydrogen) atoms. The Hall–Kier alpha value is -3.26. The Morgan fingerprint density at radius 1 is 1.18 bits per heavy atom. The third kappa shape index (κ3) is 4.92. The SMILES string of the molecule is CC(C)(C)n1cc(NC(=O)Nc2cccc(Oc3cc(Cl)cnc3N)c2)cn1. The predicted octanol–water partition coefficient (Wildman–Crippen LogP) is 4.71. The van der Waals surface area contributed by atoms with Gasteiger partial charge in [-0.3, -0.25) is 4.68 Å². The van der Waals surface area contributed by atoms with Gasteiger partial charge in [0.1, 0.15) is 5.75 Å². The van der Waals surface area contributed by atoms with E-state index in [1.165, 1.54) is 6.20 Å². The molecular weight excluding hydrogens is 380 g/mol. The van der Waals surface area contributed by atoms with Crippen LogP contribution in [0.1, 0.15) is 20.8 Å². The number of nitrogens with zero attached hydrogens (tertiary/aromatic N) is 3. The van der Waals surface area contributed by atoms with Crippen molar-refractivity contribution in [1.82, 2.24) is 14.8 Å². The number of nitrogen functional groups attached to an aromatic ring is 1. The fourth-order valence-electron chi connectivity index (χ4n) is 2.32. The molecule has 9 heteroatoms. The van der Waals surface area contributed by atoms with Gasteiger partial charge in [-0.2, -0.15) is 5.10 Å². The van der Waals surface area contributed by atoms with Crippen LogP contribution in [-0.4, -0.2) is 20.8 Å². The normalized spacial score (nSPS) is 11.1. The molecule has 0 spiro atoms. The molecule has 0 aliphatic rings. The molecule has 3 rings (SSSR count). The zero-order valence-corrected chi connectivity index (χ0v) is 16.5. The summed E-state index contributed by atoms with van der Waals surface area (Å²) in [5.41, 5.74) is 6.77. The minimum atomic E-state index is -0.394. The maximum atomic E-state index is 12.3. The summed E-state index contributed by atoms with van der Waals surface area (Å²) in [4.78, 5) is 16.2. The zero-order chi connectivity index (χ0) is 20.3. The summed E-state index contributed by atoms with van der Waals surface area (Å²) in [5.74, 6) is 1.04. The van der Waals surface area contributed by atoms with Gasteiger partial charge in [0.05, 0.1) is 22.4 Å².